The highest BCUT2D eigenvalue weighted by Gasteiger charge is 2.32. The second-order valence-electron chi connectivity index (χ2n) is 5.52. The van der Waals surface area contributed by atoms with Gasteiger partial charge in [-0.25, -0.2) is 0 Å². The van der Waals surface area contributed by atoms with Gasteiger partial charge in [0, 0.05) is 12.2 Å². The van der Waals surface area contributed by atoms with Gasteiger partial charge in [0.2, 0.25) is 5.91 Å². The van der Waals surface area contributed by atoms with Crippen molar-refractivity contribution in [2.45, 2.75) is 39.7 Å². The Labute approximate surface area is 118 Å². The van der Waals surface area contributed by atoms with Crippen molar-refractivity contribution in [3.63, 3.8) is 0 Å². The van der Waals surface area contributed by atoms with Crippen molar-refractivity contribution in [2.75, 3.05) is 6.54 Å². The first-order chi connectivity index (χ1) is 9.47. The Kier molecular flexibility index (Phi) is 4.42. The summed E-state index contributed by atoms with van der Waals surface area (Å²) in [6, 6.07) is 1.92. The number of aryl methyl sites for hydroxylation is 2. The Morgan fingerprint density at radius 2 is 2.20 bits per heavy atom. The first-order valence-electron chi connectivity index (χ1n) is 6.98. The number of rotatable bonds is 5. The topological polar surface area (TPSA) is 84.2 Å². The molecule has 1 aliphatic rings. The zero-order valence-corrected chi connectivity index (χ0v) is 11.9. The summed E-state index contributed by atoms with van der Waals surface area (Å²) >= 11 is 0. The van der Waals surface area contributed by atoms with Crippen LogP contribution in [0, 0.1) is 25.7 Å². The number of carbonyl (C=O) groups excluding carboxylic acids is 1. The van der Waals surface area contributed by atoms with E-state index in [1.807, 2.05) is 19.9 Å². The molecule has 2 N–H and O–H groups in total. The monoisotopic (exact) mass is 279 g/mol. The van der Waals surface area contributed by atoms with Crippen LogP contribution >= 0.6 is 0 Å². The molecule has 1 aliphatic carbocycles. The lowest BCUT2D eigenvalue weighted by molar-refractivity contribution is -0.143. The van der Waals surface area contributed by atoms with Crippen molar-refractivity contribution in [3.8, 4) is 0 Å². The molecule has 6 heteroatoms. The van der Waals surface area contributed by atoms with Crippen LogP contribution in [-0.2, 0) is 16.1 Å². The predicted octanol–water partition coefficient (Wildman–Crippen LogP) is 1.12. The highest BCUT2D eigenvalue weighted by molar-refractivity contribution is 5.76. The van der Waals surface area contributed by atoms with Crippen LogP contribution in [-0.4, -0.2) is 33.3 Å². The number of carboxylic acid groups (broad SMARTS) is 1. The summed E-state index contributed by atoms with van der Waals surface area (Å²) < 4.78 is 1.66. The van der Waals surface area contributed by atoms with Gasteiger partial charge in [-0.3, -0.25) is 14.3 Å². The fraction of sp³-hybridized carbons (Fsp3) is 0.643. The quantitative estimate of drug-likeness (QED) is 0.846. The van der Waals surface area contributed by atoms with Gasteiger partial charge in [0.15, 0.2) is 0 Å². The van der Waals surface area contributed by atoms with E-state index in [9.17, 15) is 9.59 Å². The highest BCUT2D eigenvalue weighted by Crippen LogP contribution is 2.31. The number of nitrogens with one attached hydrogen (secondary N) is 1. The number of nitrogens with zero attached hydrogens (tertiary/aromatic N) is 2. The molecular formula is C14H21N3O3. The molecule has 0 bridgehead atoms. The van der Waals surface area contributed by atoms with Crippen molar-refractivity contribution in [1.29, 1.82) is 0 Å². The smallest absolute Gasteiger partial charge is 0.306 e. The molecule has 1 heterocycles. The van der Waals surface area contributed by atoms with Gasteiger partial charge in [-0.1, -0.05) is 6.42 Å². The second kappa shape index (κ2) is 6.07. The van der Waals surface area contributed by atoms with Gasteiger partial charge in [-0.2, -0.15) is 5.10 Å². The number of aromatic nitrogens is 2. The molecule has 6 nitrogen and oxygen atoms in total. The van der Waals surface area contributed by atoms with Crippen LogP contribution in [0.15, 0.2) is 6.07 Å². The van der Waals surface area contributed by atoms with Crippen LogP contribution in [0.3, 0.4) is 0 Å². The molecule has 1 saturated carbocycles. The molecule has 0 aliphatic heterocycles. The fourth-order valence-corrected chi connectivity index (χ4v) is 2.88. The van der Waals surface area contributed by atoms with Crippen LogP contribution < -0.4 is 5.32 Å². The maximum atomic E-state index is 11.9. The summed E-state index contributed by atoms with van der Waals surface area (Å²) in [7, 11) is 0. The third kappa shape index (κ3) is 3.37. The lowest BCUT2D eigenvalue weighted by Crippen LogP contribution is -2.35. The minimum atomic E-state index is -0.750. The minimum Gasteiger partial charge on any atom is -0.481 e. The molecule has 1 amide bonds. The Balaban J connectivity index is 1.83. The fourth-order valence-electron chi connectivity index (χ4n) is 2.88. The standard InChI is InChI=1S/C14H21N3O3/c1-9-6-10(2)17(16-9)8-13(18)15-7-11-4-3-5-12(11)14(19)20/h6,11-12H,3-5,7-8H2,1-2H3,(H,15,18)(H,19,20). The Morgan fingerprint density at radius 3 is 2.80 bits per heavy atom. The van der Waals surface area contributed by atoms with E-state index < -0.39 is 5.97 Å². The van der Waals surface area contributed by atoms with Gasteiger partial charge in [0.05, 0.1) is 11.6 Å². The molecule has 1 fully saturated rings. The summed E-state index contributed by atoms with van der Waals surface area (Å²) in [6.07, 6.45) is 2.51. The molecule has 2 rings (SSSR count). The molecular weight excluding hydrogens is 258 g/mol. The van der Waals surface area contributed by atoms with Crippen molar-refractivity contribution < 1.29 is 14.7 Å². The highest BCUT2D eigenvalue weighted by atomic mass is 16.4. The van der Waals surface area contributed by atoms with Crippen LogP contribution in [0.25, 0.3) is 0 Å². The molecule has 2 atom stereocenters. The molecule has 0 aromatic carbocycles. The summed E-state index contributed by atoms with van der Waals surface area (Å²) in [4.78, 5) is 23.0. The first kappa shape index (κ1) is 14.6. The van der Waals surface area contributed by atoms with Gasteiger partial charge in [0.25, 0.3) is 0 Å². The second-order valence-corrected chi connectivity index (χ2v) is 5.52. The number of amides is 1. The van der Waals surface area contributed by atoms with E-state index in [4.69, 9.17) is 5.11 Å². The van der Waals surface area contributed by atoms with E-state index in [1.165, 1.54) is 0 Å². The maximum Gasteiger partial charge on any atom is 0.306 e. The normalized spacial score (nSPS) is 21.9. The SMILES string of the molecule is Cc1cc(C)n(CC(=O)NCC2CCCC2C(=O)O)n1. The zero-order chi connectivity index (χ0) is 14.7. The third-order valence-electron chi connectivity index (χ3n) is 3.93. The number of hydrogen-bond acceptors (Lipinski definition) is 3. The zero-order valence-electron chi connectivity index (χ0n) is 11.9. The van der Waals surface area contributed by atoms with Crippen molar-refractivity contribution >= 4 is 11.9 Å². The average molecular weight is 279 g/mol. The van der Waals surface area contributed by atoms with Crippen molar-refractivity contribution in [3.05, 3.63) is 17.5 Å². The molecule has 110 valence electrons. The van der Waals surface area contributed by atoms with Crippen LogP contribution in [0.5, 0.6) is 0 Å². The molecule has 0 saturated heterocycles. The third-order valence-corrected chi connectivity index (χ3v) is 3.93. The van der Waals surface area contributed by atoms with E-state index >= 15 is 0 Å². The molecule has 0 radical (unpaired) electrons. The van der Waals surface area contributed by atoms with Crippen LogP contribution in [0.1, 0.15) is 30.7 Å². The van der Waals surface area contributed by atoms with E-state index in [0.717, 1.165) is 24.2 Å². The van der Waals surface area contributed by atoms with E-state index in [1.54, 1.807) is 4.68 Å². The van der Waals surface area contributed by atoms with E-state index in [-0.39, 0.29) is 24.3 Å². The summed E-state index contributed by atoms with van der Waals surface area (Å²) in [5.41, 5.74) is 1.83. The molecule has 20 heavy (non-hydrogen) atoms. The summed E-state index contributed by atoms with van der Waals surface area (Å²) in [6.45, 7) is 4.42. The van der Waals surface area contributed by atoms with Gasteiger partial charge in [-0.15, -0.1) is 0 Å². The van der Waals surface area contributed by atoms with Gasteiger partial charge < -0.3 is 10.4 Å². The van der Waals surface area contributed by atoms with E-state index in [2.05, 4.69) is 10.4 Å². The average Bonchev–Trinajstić information content (AvgIpc) is 2.94. The number of carbonyl (C=O) groups is 2. The first-order valence-corrected chi connectivity index (χ1v) is 6.98. The minimum absolute atomic E-state index is 0.0527. The molecule has 2 unspecified atom stereocenters. The number of aliphatic carboxylic acids is 1. The number of hydrogen-bond donors (Lipinski definition) is 2. The van der Waals surface area contributed by atoms with Gasteiger partial charge >= 0.3 is 5.97 Å². The maximum absolute atomic E-state index is 11.9. The Hall–Kier alpha value is -1.85. The van der Waals surface area contributed by atoms with Crippen LogP contribution in [0.4, 0.5) is 0 Å². The number of carboxylic acids is 1. The lowest BCUT2D eigenvalue weighted by atomic mass is 9.96. The molecule has 1 aromatic heterocycles. The van der Waals surface area contributed by atoms with Crippen molar-refractivity contribution in [2.24, 2.45) is 11.8 Å². The molecule has 1 aromatic rings. The van der Waals surface area contributed by atoms with E-state index in [0.29, 0.717) is 13.0 Å². The predicted molar refractivity (Wildman–Crippen MR) is 73.2 cm³/mol. The summed E-state index contributed by atoms with van der Waals surface area (Å²) in [5, 5.41) is 16.2. The lowest BCUT2D eigenvalue weighted by Gasteiger charge is -2.16. The summed E-state index contributed by atoms with van der Waals surface area (Å²) in [5.74, 6) is -1.13. The Bertz CT molecular complexity index is 510. The molecule has 0 spiro atoms. The van der Waals surface area contributed by atoms with Crippen molar-refractivity contribution in [1.82, 2.24) is 15.1 Å². The Morgan fingerprint density at radius 1 is 1.45 bits per heavy atom. The van der Waals surface area contributed by atoms with Crippen LogP contribution in [0.2, 0.25) is 0 Å². The van der Waals surface area contributed by atoms with Gasteiger partial charge in [-0.05, 0) is 38.7 Å². The van der Waals surface area contributed by atoms with Gasteiger partial charge in [0.1, 0.15) is 6.54 Å². The largest absolute Gasteiger partial charge is 0.481 e.